The predicted octanol–water partition coefficient (Wildman–Crippen LogP) is 1.81. The molecular weight excluding hydrogens is 236 g/mol. The number of rotatable bonds is 7. The quantitative estimate of drug-likeness (QED) is 0.758. The Morgan fingerprint density at radius 1 is 1.41 bits per heavy atom. The molecule has 0 aliphatic rings. The van der Waals surface area contributed by atoms with Crippen molar-refractivity contribution in [3.63, 3.8) is 0 Å². The highest BCUT2D eigenvalue weighted by Crippen LogP contribution is 2.19. The fourth-order valence-corrected chi connectivity index (χ4v) is 2.01. The van der Waals surface area contributed by atoms with Crippen molar-refractivity contribution in [1.82, 2.24) is 20.0 Å². The molecule has 17 heavy (non-hydrogen) atoms. The smallest absolute Gasteiger partial charge is 0.131 e. The van der Waals surface area contributed by atoms with E-state index in [1.807, 2.05) is 14.0 Å². The van der Waals surface area contributed by atoms with E-state index in [4.69, 9.17) is 11.6 Å². The normalized spacial score (nSPS) is 11.4. The standard InChI is InChI=1S/C12H23ClN4/c1-5-6-14-7-8-16(3)9-11-10(2)15-17(4)12(11)13/h14H,5-9H2,1-4H3. The average molecular weight is 259 g/mol. The third-order valence-corrected chi connectivity index (χ3v) is 3.27. The van der Waals surface area contributed by atoms with E-state index in [1.54, 1.807) is 4.68 Å². The second-order valence-electron chi connectivity index (χ2n) is 4.47. The molecule has 0 fully saturated rings. The fourth-order valence-electron chi connectivity index (χ4n) is 1.77. The second-order valence-corrected chi connectivity index (χ2v) is 4.82. The molecule has 0 saturated heterocycles. The first-order valence-corrected chi connectivity index (χ1v) is 6.51. The zero-order chi connectivity index (χ0) is 12.8. The summed E-state index contributed by atoms with van der Waals surface area (Å²) in [6, 6.07) is 0. The van der Waals surface area contributed by atoms with Crippen LogP contribution in [-0.4, -0.2) is 41.4 Å². The van der Waals surface area contributed by atoms with Crippen molar-refractivity contribution in [2.45, 2.75) is 26.8 Å². The Morgan fingerprint density at radius 2 is 2.12 bits per heavy atom. The van der Waals surface area contributed by atoms with Crippen molar-refractivity contribution >= 4 is 11.6 Å². The van der Waals surface area contributed by atoms with E-state index in [1.165, 1.54) is 6.42 Å². The fraction of sp³-hybridized carbons (Fsp3) is 0.750. The summed E-state index contributed by atoms with van der Waals surface area (Å²) in [6.45, 7) is 8.15. The van der Waals surface area contributed by atoms with Crippen molar-refractivity contribution in [3.05, 3.63) is 16.4 Å². The molecule has 1 aromatic heterocycles. The van der Waals surface area contributed by atoms with Gasteiger partial charge in [-0.3, -0.25) is 4.68 Å². The van der Waals surface area contributed by atoms with Gasteiger partial charge < -0.3 is 10.2 Å². The predicted molar refractivity (Wildman–Crippen MR) is 72.4 cm³/mol. The number of aryl methyl sites for hydroxylation is 2. The summed E-state index contributed by atoms with van der Waals surface area (Å²) in [5, 5.41) is 8.45. The van der Waals surface area contributed by atoms with Gasteiger partial charge in [0, 0.05) is 32.2 Å². The molecule has 1 N–H and O–H groups in total. The summed E-state index contributed by atoms with van der Waals surface area (Å²) in [5.41, 5.74) is 2.15. The minimum absolute atomic E-state index is 0.746. The van der Waals surface area contributed by atoms with Gasteiger partial charge in [0.05, 0.1) is 5.69 Å². The summed E-state index contributed by atoms with van der Waals surface area (Å²) < 4.78 is 1.73. The topological polar surface area (TPSA) is 33.1 Å². The van der Waals surface area contributed by atoms with Crippen LogP contribution in [0.1, 0.15) is 24.6 Å². The lowest BCUT2D eigenvalue weighted by molar-refractivity contribution is 0.324. The Bertz CT molecular complexity index is 349. The Kier molecular flexibility index (Phi) is 5.95. The number of hydrogen-bond donors (Lipinski definition) is 1. The maximum Gasteiger partial charge on any atom is 0.131 e. The maximum atomic E-state index is 6.20. The molecule has 0 aromatic carbocycles. The molecule has 0 radical (unpaired) electrons. The molecule has 5 heteroatoms. The first kappa shape index (κ1) is 14.5. The molecule has 98 valence electrons. The summed E-state index contributed by atoms with van der Waals surface area (Å²) in [4.78, 5) is 2.26. The zero-order valence-electron chi connectivity index (χ0n) is 11.3. The number of aromatic nitrogens is 2. The molecule has 1 rings (SSSR count). The van der Waals surface area contributed by atoms with Crippen molar-refractivity contribution in [1.29, 1.82) is 0 Å². The Morgan fingerprint density at radius 3 is 2.65 bits per heavy atom. The molecule has 1 heterocycles. The minimum atomic E-state index is 0.746. The minimum Gasteiger partial charge on any atom is -0.315 e. The largest absolute Gasteiger partial charge is 0.315 e. The van der Waals surface area contributed by atoms with Gasteiger partial charge in [0.25, 0.3) is 0 Å². The van der Waals surface area contributed by atoms with Crippen LogP contribution in [0.5, 0.6) is 0 Å². The van der Waals surface area contributed by atoms with Crippen molar-refractivity contribution in [2.75, 3.05) is 26.7 Å². The summed E-state index contributed by atoms with van der Waals surface area (Å²) in [5.74, 6) is 0. The van der Waals surface area contributed by atoms with E-state index < -0.39 is 0 Å². The number of nitrogens with zero attached hydrogens (tertiary/aromatic N) is 3. The van der Waals surface area contributed by atoms with Gasteiger partial charge in [-0.25, -0.2) is 0 Å². The van der Waals surface area contributed by atoms with Crippen LogP contribution < -0.4 is 5.32 Å². The van der Waals surface area contributed by atoms with E-state index >= 15 is 0 Å². The monoisotopic (exact) mass is 258 g/mol. The van der Waals surface area contributed by atoms with Crippen molar-refractivity contribution < 1.29 is 0 Å². The summed E-state index contributed by atoms with van der Waals surface area (Å²) in [7, 11) is 3.98. The summed E-state index contributed by atoms with van der Waals surface area (Å²) in [6.07, 6.45) is 1.18. The highest BCUT2D eigenvalue weighted by Gasteiger charge is 2.12. The zero-order valence-corrected chi connectivity index (χ0v) is 12.0. The number of likely N-dealkylation sites (N-methyl/N-ethyl adjacent to an activating group) is 1. The molecule has 0 saturated carbocycles. The highest BCUT2D eigenvalue weighted by atomic mass is 35.5. The molecule has 0 aliphatic heterocycles. The van der Waals surface area contributed by atoms with Crippen molar-refractivity contribution in [2.24, 2.45) is 7.05 Å². The molecule has 0 bridgehead atoms. The van der Waals surface area contributed by atoms with Crippen LogP contribution >= 0.6 is 11.6 Å². The van der Waals surface area contributed by atoms with Crippen LogP contribution in [0.4, 0.5) is 0 Å². The first-order valence-electron chi connectivity index (χ1n) is 6.13. The maximum absolute atomic E-state index is 6.20. The van der Waals surface area contributed by atoms with Crippen molar-refractivity contribution in [3.8, 4) is 0 Å². The number of hydrogen-bond acceptors (Lipinski definition) is 3. The van der Waals surface area contributed by atoms with Crippen LogP contribution in [0.3, 0.4) is 0 Å². The lowest BCUT2D eigenvalue weighted by Crippen LogP contribution is -2.29. The lowest BCUT2D eigenvalue weighted by Gasteiger charge is -2.16. The number of halogens is 1. The lowest BCUT2D eigenvalue weighted by atomic mass is 10.2. The van der Waals surface area contributed by atoms with Crippen LogP contribution in [0.2, 0.25) is 5.15 Å². The molecule has 0 amide bonds. The highest BCUT2D eigenvalue weighted by molar-refractivity contribution is 6.30. The van der Waals surface area contributed by atoms with Gasteiger partial charge in [0.1, 0.15) is 5.15 Å². The van der Waals surface area contributed by atoms with Gasteiger partial charge >= 0.3 is 0 Å². The molecular formula is C12H23ClN4. The molecule has 0 atom stereocenters. The van der Waals surface area contributed by atoms with E-state index in [0.717, 1.165) is 42.6 Å². The SMILES string of the molecule is CCCNCCN(C)Cc1c(C)nn(C)c1Cl. The van der Waals surface area contributed by atoms with Gasteiger partial charge in [-0.05, 0) is 26.9 Å². The molecule has 4 nitrogen and oxygen atoms in total. The van der Waals surface area contributed by atoms with Crippen LogP contribution in [0.15, 0.2) is 0 Å². The second kappa shape index (κ2) is 6.99. The third-order valence-electron chi connectivity index (χ3n) is 2.79. The van der Waals surface area contributed by atoms with E-state index in [0.29, 0.717) is 0 Å². The van der Waals surface area contributed by atoms with Crippen LogP contribution in [0.25, 0.3) is 0 Å². The van der Waals surface area contributed by atoms with E-state index in [-0.39, 0.29) is 0 Å². The first-order chi connectivity index (χ1) is 8.06. The van der Waals surface area contributed by atoms with Gasteiger partial charge in [-0.2, -0.15) is 5.10 Å². The summed E-state index contributed by atoms with van der Waals surface area (Å²) >= 11 is 6.20. The third kappa shape index (κ3) is 4.30. The van der Waals surface area contributed by atoms with Crippen LogP contribution in [0, 0.1) is 6.92 Å². The van der Waals surface area contributed by atoms with E-state index in [9.17, 15) is 0 Å². The van der Waals surface area contributed by atoms with Gasteiger partial charge in [0.15, 0.2) is 0 Å². The Labute approximate surface area is 109 Å². The van der Waals surface area contributed by atoms with Gasteiger partial charge in [0.2, 0.25) is 0 Å². The van der Waals surface area contributed by atoms with Gasteiger partial charge in [-0.15, -0.1) is 0 Å². The molecule has 0 unspecified atom stereocenters. The molecule has 0 spiro atoms. The Balaban J connectivity index is 2.42. The van der Waals surface area contributed by atoms with E-state index in [2.05, 4.69) is 29.3 Å². The Hall–Kier alpha value is -0.580. The average Bonchev–Trinajstić information content (AvgIpc) is 2.52. The van der Waals surface area contributed by atoms with Gasteiger partial charge in [-0.1, -0.05) is 18.5 Å². The molecule has 1 aromatic rings. The van der Waals surface area contributed by atoms with Crippen LogP contribution in [-0.2, 0) is 13.6 Å². The molecule has 0 aliphatic carbocycles. The number of nitrogens with one attached hydrogen (secondary N) is 1.